The van der Waals surface area contributed by atoms with Gasteiger partial charge in [-0.2, -0.15) is 0 Å². The van der Waals surface area contributed by atoms with Crippen molar-refractivity contribution in [3.05, 3.63) is 29.3 Å². The monoisotopic (exact) mass is 230 g/mol. The van der Waals surface area contributed by atoms with Crippen molar-refractivity contribution in [3.8, 4) is 0 Å². The van der Waals surface area contributed by atoms with Crippen LogP contribution in [-0.2, 0) is 11.2 Å². The summed E-state index contributed by atoms with van der Waals surface area (Å²) >= 11 is 0. The molecule has 1 saturated heterocycles. The smallest absolute Gasteiger partial charge is 0.226 e. The van der Waals surface area contributed by atoms with E-state index in [0.717, 1.165) is 37.9 Å². The third-order valence-corrected chi connectivity index (χ3v) is 3.89. The second kappa shape index (κ2) is 4.15. The first-order valence-corrected chi connectivity index (χ1v) is 6.44. The zero-order chi connectivity index (χ0) is 11.8. The van der Waals surface area contributed by atoms with Gasteiger partial charge in [-0.3, -0.25) is 4.79 Å². The Morgan fingerprint density at radius 2 is 2.12 bits per heavy atom. The Morgan fingerprint density at radius 1 is 1.24 bits per heavy atom. The molecule has 1 aromatic carbocycles. The summed E-state index contributed by atoms with van der Waals surface area (Å²) in [6.45, 7) is 0.865. The van der Waals surface area contributed by atoms with Crippen LogP contribution in [0.25, 0.3) is 0 Å². The van der Waals surface area contributed by atoms with Crippen molar-refractivity contribution < 1.29 is 4.79 Å². The summed E-state index contributed by atoms with van der Waals surface area (Å²) in [5, 5.41) is 0. The van der Waals surface area contributed by atoms with E-state index in [4.69, 9.17) is 5.73 Å². The van der Waals surface area contributed by atoms with Crippen LogP contribution in [0.1, 0.15) is 42.9 Å². The van der Waals surface area contributed by atoms with Crippen LogP contribution in [0.5, 0.6) is 0 Å². The number of anilines is 1. The number of rotatable bonds is 1. The molecule has 3 heteroatoms. The maximum absolute atomic E-state index is 11.9. The van der Waals surface area contributed by atoms with Gasteiger partial charge in [0, 0.05) is 24.7 Å². The van der Waals surface area contributed by atoms with Gasteiger partial charge in [-0.15, -0.1) is 0 Å². The van der Waals surface area contributed by atoms with Crippen LogP contribution < -0.4 is 10.6 Å². The highest BCUT2D eigenvalue weighted by molar-refractivity contribution is 5.94. The highest BCUT2D eigenvalue weighted by atomic mass is 16.2. The van der Waals surface area contributed by atoms with Gasteiger partial charge in [0.25, 0.3) is 0 Å². The number of nitrogens with zero attached hydrogens (tertiary/aromatic N) is 1. The molecule has 1 amide bonds. The fourth-order valence-electron chi connectivity index (χ4n) is 2.88. The molecule has 0 saturated carbocycles. The van der Waals surface area contributed by atoms with E-state index >= 15 is 0 Å². The molecule has 3 rings (SSSR count). The van der Waals surface area contributed by atoms with Gasteiger partial charge in [-0.05, 0) is 48.9 Å². The minimum absolute atomic E-state index is 0.191. The fourth-order valence-corrected chi connectivity index (χ4v) is 2.88. The molecule has 1 heterocycles. The molecule has 17 heavy (non-hydrogen) atoms. The number of hydrogen-bond donors (Lipinski definition) is 1. The van der Waals surface area contributed by atoms with Gasteiger partial charge in [-0.25, -0.2) is 0 Å². The predicted octanol–water partition coefficient (Wildman–Crippen LogP) is 2.15. The number of nitrogens with two attached hydrogens (primary N) is 1. The predicted molar refractivity (Wildman–Crippen MR) is 67.9 cm³/mol. The third-order valence-electron chi connectivity index (χ3n) is 3.89. The molecule has 0 aromatic heterocycles. The maximum Gasteiger partial charge on any atom is 0.226 e. The SMILES string of the molecule is NC1CCc2cc(N3CCCCC3=O)ccc21. The van der Waals surface area contributed by atoms with Crippen molar-refractivity contribution in [1.29, 1.82) is 0 Å². The minimum atomic E-state index is 0.191. The van der Waals surface area contributed by atoms with Gasteiger partial charge >= 0.3 is 0 Å². The van der Waals surface area contributed by atoms with E-state index in [2.05, 4.69) is 12.1 Å². The highest BCUT2D eigenvalue weighted by Gasteiger charge is 2.23. The summed E-state index contributed by atoms with van der Waals surface area (Å²) in [6.07, 6.45) is 4.92. The van der Waals surface area contributed by atoms with Crippen molar-refractivity contribution >= 4 is 11.6 Å². The molecule has 3 nitrogen and oxygen atoms in total. The third kappa shape index (κ3) is 1.84. The lowest BCUT2D eigenvalue weighted by atomic mass is 10.0. The van der Waals surface area contributed by atoms with Gasteiger partial charge in [0.05, 0.1) is 0 Å². The first-order chi connectivity index (χ1) is 8.25. The Bertz CT molecular complexity index is 456. The summed E-state index contributed by atoms with van der Waals surface area (Å²) in [4.78, 5) is 13.8. The normalized spacial score (nSPS) is 23.9. The first-order valence-electron chi connectivity index (χ1n) is 6.44. The topological polar surface area (TPSA) is 46.3 Å². The van der Waals surface area contributed by atoms with E-state index in [9.17, 15) is 4.79 Å². The quantitative estimate of drug-likeness (QED) is 0.803. The van der Waals surface area contributed by atoms with Crippen LogP contribution in [0.3, 0.4) is 0 Å². The Morgan fingerprint density at radius 3 is 2.94 bits per heavy atom. The maximum atomic E-state index is 11.9. The van der Waals surface area contributed by atoms with Crippen LogP contribution in [0.4, 0.5) is 5.69 Å². The molecular formula is C14H18N2O. The van der Waals surface area contributed by atoms with E-state index in [1.165, 1.54) is 11.1 Å². The Balaban J connectivity index is 1.91. The molecule has 1 unspecified atom stereocenters. The van der Waals surface area contributed by atoms with Gasteiger partial charge < -0.3 is 10.6 Å². The van der Waals surface area contributed by atoms with Gasteiger partial charge in [-0.1, -0.05) is 6.07 Å². The average Bonchev–Trinajstić information content (AvgIpc) is 2.71. The van der Waals surface area contributed by atoms with E-state index < -0.39 is 0 Å². The summed E-state index contributed by atoms with van der Waals surface area (Å²) in [5.41, 5.74) is 9.67. The summed E-state index contributed by atoms with van der Waals surface area (Å²) in [5.74, 6) is 0.262. The molecule has 0 radical (unpaired) electrons. The van der Waals surface area contributed by atoms with Crippen molar-refractivity contribution in [3.63, 3.8) is 0 Å². The Hall–Kier alpha value is -1.35. The van der Waals surface area contributed by atoms with Crippen LogP contribution in [0.2, 0.25) is 0 Å². The number of hydrogen-bond acceptors (Lipinski definition) is 2. The van der Waals surface area contributed by atoms with Crippen LogP contribution in [-0.4, -0.2) is 12.5 Å². The molecule has 0 spiro atoms. The van der Waals surface area contributed by atoms with E-state index in [-0.39, 0.29) is 11.9 Å². The first kappa shape index (κ1) is 10.8. The highest BCUT2D eigenvalue weighted by Crippen LogP contribution is 2.33. The number of carbonyl (C=O) groups is 1. The molecule has 1 aromatic rings. The van der Waals surface area contributed by atoms with Crippen molar-refractivity contribution in [1.82, 2.24) is 0 Å². The van der Waals surface area contributed by atoms with Gasteiger partial charge in [0.1, 0.15) is 0 Å². The zero-order valence-corrected chi connectivity index (χ0v) is 9.98. The van der Waals surface area contributed by atoms with Gasteiger partial charge in [0.2, 0.25) is 5.91 Å². The summed E-state index contributed by atoms with van der Waals surface area (Å²) in [6, 6.07) is 6.50. The zero-order valence-electron chi connectivity index (χ0n) is 9.98. The number of piperidine rings is 1. The van der Waals surface area contributed by atoms with Crippen LogP contribution in [0.15, 0.2) is 18.2 Å². The van der Waals surface area contributed by atoms with Crippen molar-refractivity contribution in [2.75, 3.05) is 11.4 Å². The Kier molecular flexibility index (Phi) is 2.63. The van der Waals surface area contributed by atoms with E-state index in [0.29, 0.717) is 6.42 Å². The second-order valence-electron chi connectivity index (χ2n) is 5.03. The second-order valence-corrected chi connectivity index (χ2v) is 5.03. The average molecular weight is 230 g/mol. The lowest BCUT2D eigenvalue weighted by Gasteiger charge is -2.27. The molecule has 90 valence electrons. The number of aryl methyl sites for hydroxylation is 1. The molecule has 1 aliphatic heterocycles. The lowest BCUT2D eigenvalue weighted by Crippen LogP contribution is -2.35. The lowest BCUT2D eigenvalue weighted by molar-refractivity contribution is -0.119. The van der Waals surface area contributed by atoms with Gasteiger partial charge in [0.15, 0.2) is 0 Å². The molecule has 2 N–H and O–H groups in total. The van der Waals surface area contributed by atoms with E-state index in [1.54, 1.807) is 0 Å². The molecular weight excluding hydrogens is 212 g/mol. The largest absolute Gasteiger partial charge is 0.324 e. The molecule has 2 aliphatic rings. The van der Waals surface area contributed by atoms with Crippen LogP contribution in [0, 0.1) is 0 Å². The van der Waals surface area contributed by atoms with Crippen LogP contribution >= 0.6 is 0 Å². The minimum Gasteiger partial charge on any atom is -0.324 e. The molecule has 1 atom stereocenters. The standard InChI is InChI=1S/C14H18N2O/c15-13-7-4-10-9-11(5-6-12(10)13)16-8-2-1-3-14(16)17/h5-6,9,13H,1-4,7-8,15H2. The van der Waals surface area contributed by atoms with Crippen molar-refractivity contribution in [2.24, 2.45) is 5.73 Å². The number of carbonyl (C=O) groups excluding carboxylic acids is 1. The number of benzene rings is 1. The summed E-state index contributed by atoms with van der Waals surface area (Å²) in [7, 11) is 0. The number of fused-ring (bicyclic) bond motifs is 1. The van der Waals surface area contributed by atoms with Crippen molar-refractivity contribution in [2.45, 2.75) is 38.1 Å². The number of amides is 1. The molecule has 1 aliphatic carbocycles. The fraction of sp³-hybridized carbons (Fsp3) is 0.500. The molecule has 1 fully saturated rings. The summed E-state index contributed by atoms with van der Waals surface area (Å²) < 4.78 is 0. The molecule has 0 bridgehead atoms. The Labute approximate surface area is 102 Å². The van der Waals surface area contributed by atoms with E-state index in [1.807, 2.05) is 11.0 Å².